The summed E-state index contributed by atoms with van der Waals surface area (Å²) >= 11 is 0. The Kier molecular flexibility index (Phi) is 7.65. The molecule has 0 spiro atoms. The highest BCUT2D eigenvalue weighted by molar-refractivity contribution is 5.80. The quantitative estimate of drug-likeness (QED) is 0.572. The Balaban J connectivity index is 1.77. The number of hydrogen-bond acceptors (Lipinski definition) is 3. The molecule has 0 aliphatic carbocycles. The second kappa shape index (κ2) is 9.75. The summed E-state index contributed by atoms with van der Waals surface area (Å²) in [6, 6.07) is 0. The van der Waals surface area contributed by atoms with Crippen LogP contribution in [0.4, 0.5) is 0 Å². The summed E-state index contributed by atoms with van der Waals surface area (Å²) in [6.07, 6.45) is 6.55. The molecule has 1 amide bonds. The summed E-state index contributed by atoms with van der Waals surface area (Å²) in [7, 11) is 1.71. The van der Waals surface area contributed by atoms with Crippen LogP contribution < -0.4 is 10.6 Å². The molecule has 0 saturated carbocycles. The van der Waals surface area contributed by atoms with Crippen LogP contribution in [-0.4, -0.2) is 62.7 Å². The highest BCUT2D eigenvalue weighted by Gasteiger charge is 2.23. The number of piperidine rings is 1. The van der Waals surface area contributed by atoms with Gasteiger partial charge in [0.25, 0.3) is 0 Å². The van der Waals surface area contributed by atoms with Crippen LogP contribution in [0.25, 0.3) is 0 Å². The van der Waals surface area contributed by atoms with Crippen molar-refractivity contribution < 1.29 is 9.53 Å². The van der Waals surface area contributed by atoms with Crippen LogP contribution in [0.5, 0.6) is 0 Å². The van der Waals surface area contributed by atoms with Crippen molar-refractivity contribution in [1.29, 1.82) is 0 Å². The number of ether oxygens (including phenoxy) is 1. The highest BCUT2D eigenvalue weighted by atomic mass is 16.5. The summed E-state index contributed by atoms with van der Waals surface area (Å²) in [5.74, 6) is 1.67. The number of amides is 1. The van der Waals surface area contributed by atoms with E-state index in [9.17, 15) is 4.79 Å². The topological polar surface area (TPSA) is 66.0 Å². The summed E-state index contributed by atoms with van der Waals surface area (Å²) < 4.78 is 5.66. The van der Waals surface area contributed by atoms with Crippen LogP contribution in [0.2, 0.25) is 0 Å². The fourth-order valence-corrected chi connectivity index (χ4v) is 3.33. The molecule has 2 aliphatic rings. The molecular weight excluding hydrogens is 292 g/mol. The second-order valence-electron chi connectivity index (χ2n) is 6.47. The largest absolute Gasteiger partial charge is 0.378 e. The molecule has 2 aliphatic heterocycles. The molecule has 6 nitrogen and oxygen atoms in total. The normalized spacial score (nSPS) is 23.1. The fourth-order valence-electron chi connectivity index (χ4n) is 3.33. The molecule has 2 heterocycles. The van der Waals surface area contributed by atoms with Gasteiger partial charge in [-0.1, -0.05) is 0 Å². The second-order valence-corrected chi connectivity index (χ2v) is 6.47. The first-order chi connectivity index (χ1) is 11.2. The lowest BCUT2D eigenvalue weighted by Gasteiger charge is -2.34. The Morgan fingerprint density at radius 3 is 2.70 bits per heavy atom. The van der Waals surface area contributed by atoms with Crippen molar-refractivity contribution in [3.8, 4) is 0 Å². The lowest BCUT2D eigenvalue weighted by Crippen LogP contribution is -2.46. The molecule has 132 valence electrons. The smallest absolute Gasteiger partial charge is 0.220 e. The summed E-state index contributed by atoms with van der Waals surface area (Å²) in [4.78, 5) is 18.6. The Hall–Kier alpha value is -1.30. The minimum Gasteiger partial charge on any atom is -0.378 e. The molecule has 0 aromatic rings. The number of guanidine groups is 1. The van der Waals surface area contributed by atoms with Gasteiger partial charge in [-0.15, -0.1) is 0 Å². The van der Waals surface area contributed by atoms with Crippen molar-refractivity contribution in [1.82, 2.24) is 15.5 Å². The first-order valence-electron chi connectivity index (χ1n) is 9.08. The van der Waals surface area contributed by atoms with Crippen molar-refractivity contribution in [3.63, 3.8) is 0 Å². The maximum atomic E-state index is 11.5. The van der Waals surface area contributed by atoms with Crippen molar-refractivity contribution in [3.05, 3.63) is 0 Å². The average molecular weight is 324 g/mol. The van der Waals surface area contributed by atoms with E-state index in [1.807, 2.05) is 0 Å². The molecule has 23 heavy (non-hydrogen) atoms. The number of aliphatic imine (C=N–C) groups is 1. The number of carbonyl (C=O) groups is 1. The predicted octanol–water partition coefficient (Wildman–Crippen LogP) is 1.37. The molecule has 6 heteroatoms. The molecule has 2 N–H and O–H groups in total. The molecule has 2 rings (SSSR count). The minimum atomic E-state index is 0.153. The number of carbonyl (C=O) groups excluding carboxylic acids is 1. The predicted molar refractivity (Wildman–Crippen MR) is 92.6 cm³/mol. The van der Waals surface area contributed by atoms with Gasteiger partial charge < -0.3 is 20.3 Å². The third-order valence-electron chi connectivity index (χ3n) is 4.74. The Labute approximate surface area is 140 Å². The first-order valence-corrected chi connectivity index (χ1v) is 9.08. The lowest BCUT2D eigenvalue weighted by molar-refractivity contribution is -0.121. The van der Waals surface area contributed by atoms with E-state index in [4.69, 9.17) is 9.73 Å². The number of rotatable bonds is 6. The van der Waals surface area contributed by atoms with Crippen LogP contribution in [0.15, 0.2) is 4.99 Å². The van der Waals surface area contributed by atoms with E-state index in [0.29, 0.717) is 18.4 Å². The van der Waals surface area contributed by atoms with Gasteiger partial charge >= 0.3 is 0 Å². The van der Waals surface area contributed by atoms with E-state index in [0.717, 1.165) is 58.0 Å². The van der Waals surface area contributed by atoms with Gasteiger partial charge in [-0.3, -0.25) is 9.79 Å². The minimum absolute atomic E-state index is 0.153. The van der Waals surface area contributed by atoms with Crippen molar-refractivity contribution in [2.24, 2.45) is 10.9 Å². The van der Waals surface area contributed by atoms with Gasteiger partial charge in [-0.2, -0.15) is 0 Å². The third-order valence-corrected chi connectivity index (χ3v) is 4.74. The van der Waals surface area contributed by atoms with Gasteiger partial charge in [-0.25, -0.2) is 0 Å². The summed E-state index contributed by atoms with van der Waals surface area (Å²) in [5.41, 5.74) is 0. The van der Waals surface area contributed by atoms with Gasteiger partial charge in [0, 0.05) is 46.3 Å². The molecule has 0 aromatic carbocycles. The monoisotopic (exact) mass is 324 g/mol. The molecule has 0 aromatic heterocycles. The molecule has 2 saturated heterocycles. The zero-order chi connectivity index (χ0) is 16.5. The Morgan fingerprint density at radius 2 is 2.09 bits per heavy atom. The first kappa shape index (κ1) is 18.0. The number of hydrogen-bond donors (Lipinski definition) is 2. The highest BCUT2D eigenvalue weighted by Crippen LogP contribution is 2.20. The van der Waals surface area contributed by atoms with Crippen LogP contribution >= 0.6 is 0 Å². The zero-order valence-corrected chi connectivity index (χ0v) is 14.6. The van der Waals surface area contributed by atoms with Gasteiger partial charge in [0.1, 0.15) is 0 Å². The molecule has 1 unspecified atom stereocenters. The number of nitrogens with zero attached hydrogens (tertiary/aromatic N) is 2. The van der Waals surface area contributed by atoms with Gasteiger partial charge in [0.05, 0.1) is 6.10 Å². The van der Waals surface area contributed by atoms with E-state index in [1.54, 1.807) is 7.05 Å². The van der Waals surface area contributed by atoms with E-state index in [2.05, 4.69) is 22.5 Å². The van der Waals surface area contributed by atoms with Crippen molar-refractivity contribution in [2.45, 2.75) is 51.6 Å². The number of likely N-dealkylation sites (tertiary alicyclic amines) is 1. The summed E-state index contributed by atoms with van der Waals surface area (Å²) in [6.45, 7) is 6.68. The van der Waals surface area contributed by atoms with E-state index in [1.165, 1.54) is 12.8 Å². The van der Waals surface area contributed by atoms with Gasteiger partial charge in [0.2, 0.25) is 5.91 Å². The fraction of sp³-hybridized carbons (Fsp3) is 0.882. The molecule has 2 fully saturated rings. The van der Waals surface area contributed by atoms with Gasteiger partial charge in [0.15, 0.2) is 5.96 Å². The molecule has 0 radical (unpaired) electrons. The van der Waals surface area contributed by atoms with Crippen LogP contribution in [-0.2, 0) is 9.53 Å². The molecule has 1 atom stereocenters. The summed E-state index contributed by atoms with van der Waals surface area (Å²) in [5, 5.41) is 6.12. The maximum Gasteiger partial charge on any atom is 0.220 e. The SMILES string of the molecule is CCNC(=NCCC1CCCO1)N1CCC(CC(=O)NC)CC1. The molecule has 0 bridgehead atoms. The van der Waals surface area contributed by atoms with E-state index < -0.39 is 0 Å². The van der Waals surface area contributed by atoms with Crippen LogP contribution in [0.3, 0.4) is 0 Å². The van der Waals surface area contributed by atoms with Crippen molar-refractivity contribution in [2.75, 3.05) is 39.8 Å². The van der Waals surface area contributed by atoms with E-state index in [-0.39, 0.29) is 5.91 Å². The third kappa shape index (κ3) is 6.01. The Morgan fingerprint density at radius 1 is 1.30 bits per heavy atom. The van der Waals surface area contributed by atoms with Crippen molar-refractivity contribution >= 4 is 11.9 Å². The average Bonchev–Trinajstić information content (AvgIpc) is 3.08. The molecular formula is C17H32N4O2. The Bertz CT molecular complexity index is 386. The lowest BCUT2D eigenvalue weighted by atomic mass is 9.93. The van der Waals surface area contributed by atoms with Crippen LogP contribution in [0, 0.1) is 5.92 Å². The maximum absolute atomic E-state index is 11.5. The van der Waals surface area contributed by atoms with Gasteiger partial charge in [-0.05, 0) is 44.9 Å². The zero-order valence-electron chi connectivity index (χ0n) is 14.6. The van der Waals surface area contributed by atoms with Crippen LogP contribution in [0.1, 0.15) is 45.4 Å². The van der Waals surface area contributed by atoms with E-state index >= 15 is 0 Å². The standard InChI is InChI=1S/C17H32N4O2/c1-3-19-17(20-9-6-15-5-4-12-23-15)21-10-7-14(8-11-21)13-16(22)18-2/h14-15H,3-13H2,1-2H3,(H,18,22)(H,19,20). The number of nitrogens with one attached hydrogen (secondary N) is 2.